The van der Waals surface area contributed by atoms with Crippen molar-refractivity contribution in [2.24, 2.45) is 0 Å². The van der Waals surface area contributed by atoms with Crippen molar-refractivity contribution in [1.29, 1.82) is 0 Å². The third-order valence-electron chi connectivity index (χ3n) is 3.76. The van der Waals surface area contributed by atoms with Crippen molar-refractivity contribution in [2.75, 3.05) is 26.0 Å². The van der Waals surface area contributed by atoms with Gasteiger partial charge in [-0.15, -0.1) is 0 Å². The number of aromatic nitrogens is 3. The molecule has 7 heteroatoms. The Balaban J connectivity index is 1.83. The molecule has 0 aliphatic carbocycles. The Morgan fingerprint density at radius 1 is 1.04 bits per heavy atom. The van der Waals surface area contributed by atoms with Gasteiger partial charge in [-0.1, -0.05) is 6.07 Å². The van der Waals surface area contributed by atoms with Gasteiger partial charge in [0.25, 0.3) is 0 Å². The first-order chi connectivity index (χ1) is 11.6. The molecule has 124 valence electrons. The number of likely N-dealkylation sites (N-methyl/N-ethyl adjacent to an activating group) is 1. The number of nitrogens with zero attached hydrogens (tertiary/aromatic N) is 4. The second kappa shape index (κ2) is 6.84. The molecule has 0 saturated heterocycles. The van der Waals surface area contributed by atoms with Gasteiger partial charge in [0.05, 0.1) is 6.04 Å². The molecule has 5 nitrogen and oxygen atoms in total. The van der Waals surface area contributed by atoms with Crippen LogP contribution in [0.5, 0.6) is 0 Å². The summed E-state index contributed by atoms with van der Waals surface area (Å²) in [6.45, 7) is 0.295. The summed E-state index contributed by atoms with van der Waals surface area (Å²) in [4.78, 5) is 14.4. The van der Waals surface area contributed by atoms with E-state index in [0.29, 0.717) is 23.5 Å². The minimum absolute atomic E-state index is 0.0376. The fourth-order valence-corrected chi connectivity index (χ4v) is 2.53. The molecule has 2 heterocycles. The minimum Gasteiger partial charge on any atom is -0.368 e. The SMILES string of the molecule is CN(C)C(CNc1ccc2nccnc2n1)c1c(F)cccc1F. The number of anilines is 1. The third-order valence-corrected chi connectivity index (χ3v) is 3.76. The van der Waals surface area contributed by atoms with Crippen LogP contribution in [-0.4, -0.2) is 40.5 Å². The van der Waals surface area contributed by atoms with E-state index in [1.165, 1.54) is 18.2 Å². The number of rotatable bonds is 5. The molecule has 2 aromatic heterocycles. The molecular weight excluding hydrogens is 312 g/mol. The number of hydrogen-bond donors (Lipinski definition) is 1. The molecule has 1 N–H and O–H groups in total. The fraction of sp³-hybridized carbons (Fsp3) is 0.235. The summed E-state index contributed by atoms with van der Waals surface area (Å²) >= 11 is 0. The Bertz CT molecular complexity index is 833. The standard InChI is InChI=1S/C17H17F2N5/c1-24(2)14(16-11(18)4-3-5-12(16)19)10-22-15-7-6-13-17(23-15)21-9-8-20-13/h3-9,14H,10H2,1-2H3,(H,21,22,23). The van der Waals surface area contributed by atoms with E-state index in [1.807, 2.05) is 0 Å². The van der Waals surface area contributed by atoms with Crippen molar-refractivity contribution in [3.8, 4) is 0 Å². The highest BCUT2D eigenvalue weighted by Gasteiger charge is 2.22. The summed E-state index contributed by atoms with van der Waals surface area (Å²) < 4.78 is 28.1. The fourth-order valence-electron chi connectivity index (χ4n) is 2.53. The van der Waals surface area contributed by atoms with E-state index >= 15 is 0 Å². The number of halogens is 2. The minimum atomic E-state index is -0.562. The summed E-state index contributed by atoms with van der Waals surface area (Å²) in [5.41, 5.74) is 1.24. The van der Waals surface area contributed by atoms with Gasteiger partial charge >= 0.3 is 0 Å². The smallest absolute Gasteiger partial charge is 0.180 e. The molecule has 1 aromatic carbocycles. The highest BCUT2D eigenvalue weighted by molar-refractivity contribution is 5.71. The van der Waals surface area contributed by atoms with Gasteiger partial charge in [-0.05, 0) is 38.4 Å². The van der Waals surface area contributed by atoms with Crippen molar-refractivity contribution in [3.05, 3.63) is 59.9 Å². The topological polar surface area (TPSA) is 53.9 Å². The Labute approximate surface area is 138 Å². The van der Waals surface area contributed by atoms with Crippen molar-refractivity contribution < 1.29 is 8.78 Å². The average molecular weight is 329 g/mol. The van der Waals surface area contributed by atoms with Crippen molar-refractivity contribution in [1.82, 2.24) is 19.9 Å². The molecule has 3 aromatic rings. The number of pyridine rings is 1. The lowest BCUT2D eigenvalue weighted by atomic mass is 10.0. The van der Waals surface area contributed by atoms with Crippen LogP contribution < -0.4 is 5.32 Å². The van der Waals surface area contributed by atoms with Gasteiger partial charge in [0, 0.05) is 24.5 Å². The van der Waals surface area contributed by atoms with Crippen LogP contribution in [0.15, 0.2) is 42.7 Å². The van der Waals surface area contributed by atoms with Crippen LogP contribution >= 0.6 is 0 Å². The van der Waals surface area contributed by atoms with Gasteiger partial charge in [0.15, 0.2) is 5.65 Å². The van der Waals surface area contributed by atoms with E-state index in [9.17, 15) is 8.78 Å². The Morgan fingerprint density at radius 2 is 1.75 bits per heavy atom. The maximum Gasteiger partial charge on any atom is 0.180 e. The lowest BCUT2D eigenvalue weighted by molar-refractivity contribution is 0.295. The van der Waals surface area contributed by atoms with Crippen LogP contribution in [0.3, 0.4) is 0 Å². The van der Waals surface area contributed by atoms with E-state index in [0.717, 1.165) is 0 Å². The summed E-state index contributed by atoms with van der Waals surface area (Å²) in [5, 5.41) is 3.12. The normalized spacial score (nSPS) is 12.5. The first-order valence-corrected chi connectivity index (χ1v) is 7.48. The van der Waals surface area contributed by atoms with E-state index in [2.05, 4.69) is 20.3 Å². The highest BCUT2D eigenvalue weighted by atomic mass is 19.1. The summed E-state index contributed by atoms with van der Waals surface area (Å²) in [6.07, 6.45) is 3.16. The molecule has 0 fully saturated rings. The molecule has 0 amide bonds. The molecule has 1 atom stereocenters. The predicted molar refractivity (Wildman–Crippen MR) is 88.6 cm³/mol. The van der Waals surface area contributed by atoms with Crippen LogP contribution in [0.2, 0.25) is 0 Å². The van der Waals surface area contributed by atoms with Gasteiger partial charge in [0.2, 0.25) is 0 Å². The van der Waals surface area contributed by atoms with E-state index in [1.54, 1.807) is 43.5 Å². The largest absolute Gasteiger partial charge is 0.368 e. The molecule has 0 aliphatic heterocycles. The Hall–Kier alpha value is -2.67. The van der Waals surface area contributed by atoms with Crippen LogP contribution in [-0.2, 0) is 0 Å². The van der Waals surface area contributed by atoms with E-state index in [-0.39, 0.29) is 5.56 Å². The molecule has 0 bridgehead atoms. The zero-order valence-corrected chi connectivity index (χ0v) is 13.4. The zero-order valence-electron chi connectivity index (χ0n) is 13.4. The molecule has 3 rings (SSSR count). The maximum atomic E-state index is 14.1. The maximum absolute atomic E-state index is 14.1. The van der Waals surface area contributed by atoms with Crippen molar-refractivity contribution >= 4 is 17.0 Å². The van der Waals surface area contributed by atoms with Crippen molar-refractivity contribution in [3.63, 3.8) is 0 Å². The second-order valence-corrected chi connectivity index (χ2v) is 5.59. The zero-order chi connectivity index (χ0) is 17.1. The summed E-state index contributed by atoms with van der Waals surface area (Å²) in [6, 6.07) is 6.97. The monoisotopic (exact) mass is 329 g/mol. The summed E-state index contributed by atoms with van der Waals surface area (Å²) in [5.74, 6) is -0.549. The van der Waals surface area contributed by atoms with Gasteiger partial charge in [-0.3, -0.25) is 4.98 Å². The quantitative estimate of drug-likeness (QED) is 0.780. The van der Waals surface area contributed by atoms with E-state index in [4.69, 9.17) is 0 Å². The lowest BCUT2D eigenvalue weighted by Gasteiger charge is -2.26. The number of nitrogens with one attached hydrogen (secondary N) is 1. The third kappa shape index (κ3) is 3.30. The summed E-state index contributed by atoms with van der Waals surface area (Å²) in [7, 11) is 3.55. The number of hydrogen-bond acceptors (Lipinski definition) is 5. The van der Waals surface area contributed by atoms with Crippen LogP contribution in [0.4, 0.5) is 14.6 Å². The van der Waals surface area contributed by atoms with Gasteiger partial charge in [-0.25, -0.2) is 18.7 Å². The molecule has 0 saturated carbocycles. The van der Waals surface area contributed by atoms with E-state index < -0.39 is 17.7 Å². The molecule has 0 aliphatic rings. The first kappa shape index (κ1) is 16.2. The number of fused-ring (bicyclic) bond motifs is 1. The molecule has 0 spiro atoms. The second-order valence-electron chi connectivity index (χ2n) is 5.59. The molecule has 1 unspecified atom stereocenters. The Morgan fingerprint density at radius 3 is 2.46 bits per heavy atom. The van der Waals surface area contributed by atoms with Gasteiger partial charge in [-0.2, -0.15) is 0 Å². The highest BCUT2D eigenvalue weighted by Crippen LogP contribution is 2.25. The van der Waals surface area contributed by atoms with Crippen molar-refractivity contribution in [2.45, 2.75) is 6.04 Å². The molecule has 0 radical (unpaired) electrons. The van der Waals surface area contributed by atoms with Crippen LogP contribution in [0.25, 0.3) is 11.2 Å². The number of benzene rings is 1. The molecular formula is C17H17F2N5. The van der Waals surface area contributed by atoms with Gasteiger partial charge in [0.1, 0.15) is 23.0 Å². The predicted octanol–water partition coefficient (Wildman–Crippen LogP) is 3.02. The first-order valence-electron chi connectivity index (χ1n) is 7.48. The Kier molecular flexibility index (Phi) is 4.61. The van der Waals surface area contributed by atoms with Crippen LogP contribution in [0.1, 0.15) is 11.6 Å². The lowest BCUT2D eigenvalue weighted by Crippen LogP contribution is -2.28. The average Bonchev–Trinajstić information content (AvgIpc) is 2.57. The van der Waals surface area contributed by atoms with Crippen LogP contribution in [0, 0.1) is 11.6 Å². The molecule has 24 heavy (non-hydrogen) atoms. The van der Waals surface area contributed by atoms with Gasteiger partial charge < -0.3 is 10.2 Å².